The summed E-state index contributed by atoms with van der Waals surface area (Å²) in [5, 5.41) is 0. The van der Waals surface area contributed by atoms with Gasteiger partial charge in [0.05, 0.1) is 17.8 Å². The van der Waals surface area contributed by atoms with E-state index in [9.17, 15) is 0 Å². The van der Waals surface area contributed by atoms with Gasteiger partial charge in [-0.2, -0.15) is 4.98 Å². The maximum Gasteiger partial charge on any atom is 0.240 e. The molecule has 0 atom stereocenters. The van der Waals surface area contributed by atoms with Crippen LogP contribution in [0.4, 0.5) is 5.95 Å². The number of nitrogen functional groups attached to an aromatic ring is 1. The van der Waals surface area contributed by atoms with Crippen molar-refractivity contribution in [2.45, 2.75) is 6.61 Å². The molecule has 0 spiro atoms. The highest BCUT2D eigenvalue weighted by Crippen LogP contribution is 2.23. The lowest BCUT2D eigenvalue weighted by atomic mass is 10.2. The number of nitrogens with two attached hydrogens (primary N) is 1. The highest BCUT2D eigenvalue weighted by atomic mass is 79.9. The van der Waals surface area contributed by atoms with Gasteiger partial charge in [-0.25, -0.2) is 10.8 Å². The highest BCUT2D eigenvalue weighted by molar-refractivity contribution is 9.10. The first-order valence-corrected chi connectivity index (χ1v) is 6.27. The summed E-state index contributed by atoms with van der Waals surface area (Å²) < 4.78 is 11.4. The van der Waals surface area contributed by atoms with Crippen molar-refractivity contribution >= 4 is 21.9 Å². The molecule has 0 saturated heterocycles. The lowest BCUT2D eigenvalue weighted by molar-refractivity contribution is 0.290. The Morgan fingerprint density at radius 1 is 1.42 bits per heavy atom. The molecule has 0 saturated carbocycles. The number of halogens is 1. The van der Waals surface area contributed by atoms with Crippen LogP contribution in [-0.4, -0.2) is 17.1 Å². The van der Waals surface area contributed by atoms with Crippen LogP contribution in [0.5, 0.6) is 11.6 Å². The van der Waals surface area contributed by atoms with Crippen molar-refractivity contribution in [3.63, 3.8) is 0 Å². The van der Waals surface area contributed by atoms with Crippen molar-refractivity contribution in [1.29, 1.82) is 0 Å². The number of hydrogen-bond donors (Lipinski definition) is 2. The second kappa shape index (κ2) is 6.35. The minimum atomic E-state index is 0.295. The van der Waals surface area contributed by atoms with Crippen LogP contribution in [0, 0.1) is 0 Å². The second-order valence-electron chi connectivity index (χ2n) is 3.63. The van der Waals surface area contributed by atoms with Crippen LogP contribution in [0.3, 0.4) is 0 Å². The Balaban J connectivity index is 2.09. The van der Waals surface area contributed by atoms with E-state index in [1.54, 1.807) is 13.3 Å². The zero-order valence-corrected chi connectivity index (χ0v) is 11.8. The molecule has 3 N–H and O–H groups in total. The van der Waals surface area contributed by atoms with Gasteiger partial charge < -0.3 is 9.47 Å². The van der Waals surface area contributed by atoms with Crippen molar-refractivity contribution in [2.75, 3.05) is 12.5 Å². The normalized spacial score (nSPS) is 10.1. The van der Waals surface area contributed by atoms with Gasteiger partial charge in [0.25, 0.3) is 0 Å². The van der Waals surface area contributed by atoms with E-state index in [2.05, 4.69) is 31.3 Å². The van der Waals surface area contributed by atoms with Crippen LogP contribution in [-0.2, 0) is 6.61 Å². The zero-order chi connectivity index (χ0) is 13.7. The molecule has 7 heteroatoms. The fraction of sp³-hybridized carbons (Fsp3) is 0.167. The molecule has 100 valence electrons. The van der Waals surface area contributed by atoms with Crippen LogP contribution in [0.15, 0.2) is 34.9 Å². The molecule has 1 heterocycles. The number of methoxy groups -OCH3 is 1. The summed E-state index contributed by atoms with van der Waals surface area (Å²) >= 11 is 3.32. The van der Waals surface area contributed by atoms with E-state index in [4.69, 9.17) is 15.3 Å². The number of ether oxygens (including phenoxy) is 2. The molecule has 6 nitrogen and oxygen atoms in total. The monoisotopic (exact) mass is 324 g/mol. The molecule has 0 aliphatic heterocycles. The van der Waals surface area contributed by atoms with Crippen LogP contribution < -0.4 is 20.7 Å². The maximum atomic E-state index is 5.62. The van der Waals surface area contributed by atoms with Gasteiger partial charge in [-0.05, 0) is 33.6 Å². The third-order valence-corrected chi connectivity index (χ3v) is 2.89. The Bertz CT molecular complexity index is 565. The number of anilines is 1. The number of nitrogens with one attached hydrogen (secondary N) is 1. The Labute approximate surface area is 119 Å². The van der Waals surface area contributed by atoms with Gasteiger partial charge >= 0.3 is 0 Å². The molecule has 0 radical (unpaired) electrons. The van der Waals surface area contributed by atoms with Gasteiger partial charge in [-0.3, -0.25) is 5.43 Å². The number of hydrazine groups is 1. The first-order valence-electron chi connectivity index (χ1n) is 5.48. The molecular formula is C12H13BrN4O2. The molecule has 0 unspecified atom stereocenters. The van der Waals surface area contributed by atoms with Gasteiger partial charge in [-0.1, -0.05) is 12.1 Å². The number of benzene rings is 1. The average Bonchev–Trinajstić information content (AvgIpc) is 2.46. The van der Waals surface area contributed by atoms with E-state index in [0.717, 1.165) is 11.3 Å². The topological polar surface area (TPSA) is 82.3 Å². The predicted molar refractivity (Wildman–Crippen MR) is 74.9 cm³/mol. The minimum absolute atomic E-state index is 0.295. The Morgan fingerprint density at radius 3 is 3.00 bits per heavy atom. The molecule has 2 aromatic rings. The average molecular weight is 325 g/mol. The first-order chi connectivity index (χ1) is 9.22. The minimum Gasteiger partial charge on any atom is -0.497 e. The van der Waals surface area contributed by atoms with Crippen LogP contribution >= 0.6 is 15.9 Å². The predicted octanol–water partition coefficient (Wildman–Crippen LogP) is 2.11. The van der Waals surface area contributed by atoms with Gasteiger partial charge in [0.15, 0.2) is 0 Å². The molecule has 2 rings (SSSR count). The summed E-state index contributed by atoms with van der Waals surface area (Å²) in [5.41, 5.74) is 3.35. The fourth-order valence-electron chi connectivity index (χ4n) is 1.44. The summed E-state index contributed by atoms with van der Waals surface area (Å²) in [4.78, 5) is 8.05. The summed E-state index contributed by atoms with van der Waals surface area (Å²) in [5.74, 6) is 6.75. The fourth-order valence-corrected chi connectivity index (χ4v) is 1.74. The lowest BCUT2D eigenvalue weighted by Crippen LogP contribution is -2.11. The van der Waals surface area contributed by atoms with Gasteiger partial charge in [-0.15, -0.1) is 0 Å². The van der Waals surface area contributed by atoms with Gasteiger partial charge in [0.1, 0.15) is 12.4 Å². The smallest absolute Gasteiger partial charge is 0.240 e. The molecule has 0 fully saturated rings. The molecule has 0 aliphatic rings. The van der Waals surface area contributed by atoms with Gasteiger partial charge in [0, 0.05) is 0 Å². The Hall–Kier alpha value is -1.86. The van der Waals surface area contributed by atoms with Gasteiger partial charge in [0.2, 0.25) is 11.8 Å². The number of hydrogen-bond acceptors (Lipinski definition) is 6. The molecule has 19 heavy (non-hydrogen) atoms. The van der Waals surface area contributed by atoms with Crippen molar-refractivity contribution in [3.05, 3.63) is 40.5 Å². The standard InChI is InChI=1S/C12H13BrN4O2/c1-18-9-4-2-3-8(5-9)7-19-11-10(13)6-15-12(16-11)17-14/h2-6H,7,14H2,1H3,(H,15,16,17). The lowest BCUT2D eigenvalue weighted by Gasteiger charge is -2.09. The van der Waals surface area contributed by atoms with E-state index in [1.165, 1.54) is 0 Å². The van der Waals surface area contributed by atoms with Crippen LogP contribution in [0.25, 0.3) is 0 Å². The first kappa shape index (κ1) is 13.6. The second-order valence-corrected chi connectivity index (χ2v) is 4.49. The van der Waals surface area contributed by atoms with Crippen LogP contribution in [0.1, 0.15) is 5.56 Å². The summed E-state index contributed by atoms with van der Waals surface area (Å²) in [6.07, 6.45) is 1.57. The molecular weight excluding hydrogens is 312 g/mol. The number of nitrogens with zero attached hydrogens (tertiary/aromatic N) is 2. The summed E-state index contributed by atoms with van der Waals surface area (Å²) in [7, 11) is 1.63. The third-order valence-electron chi connectivity index (χ3n) is 2.35. The Morgan fingerprint density at radius 2 is 2.26 bits per heavy atom. The number of rotatable bonds is 5. The zero-order valence-electron chi connectivity index (χ0n) is 10.3. The van der Waals surface area contributed by atoms with Crippen LogP contribution in [0.2, 0.25) is 0 Å². The molecule has 0 bridgehead atoms. The SMILES string of the molecule is COc1cccc(COc2nc(NN)ncc2Br)c1. The summed E-state index contributed by atoms with van der Waals surface area (Å²) in [6, 6.07) is 7.62. The van der Waals surface area contributed by atoms with Crippen molar-refractivity contribution in [1.82, 2.24) is 9.97 Å². The molecule has 0 aliphatic carbocycles. The van der Waals surface area contributed by atoms with Crippen molar-refractivity contribution in [2.24, 2.45) is 5.84 Å². The number of aromatic nitrogens is 2. The van der Waals surface area contributed by atoms with E-state index < -0.39 is 0 Å². The molecule has 1 aromatic carbocycles. The van der Waals surface area contributed by atoms with Crippen molar-refractivity contribution in [3.8, 4) is 11.6 Å². The quantitative estimate of drug-likeness (QED) is 0.647. The molecule has 1 aromatic heterocycles. The highest BCUT2D eigenvalue weighted by Gasteiger charge is 2.06. The Kier molecular flexibility index (Phi) is 4.53. The molecule has 0 amide bonds. The maximum absolute atomic E-state index is 5.62. The van der Waals surface area contributed by atoms with E-state index in [0.29, 0.717) is 22.9 Å². The van der Waals surface area contributed by atoms with E-state index in [-0.39, 0.29) is 0 Å². The van der Waals surface area contributed by atoms with Crippen molar-refractivity contribution < 1.29 is 9.47 Å². The largest absolute Gasteiger partial charge is 0.497 e. The van der Waals surface area contributed by atoms with E-state index >= 15 is 0 Å². The third kappa shape index (κ3) is 3.55. The summed E-state index contributed by atoms with van der Waals surface area (Å²) in [6.45, 7) is 0.372. The van der Waals surface area contributed by atoms with E-state index in [1.807, 2.05) is 24.3 Å².